The number of carbonyl (C=O) groups excluding carboxylic acids is 2. The Balaban J connectivity index is 1.49. The predicted octanol–water partition coefficient (Wildman–Crippen LogP) is 1.39. The first-order valence-corrected chi connectivity index (χ1v) is 12.1. The first-order valence-electron chi connectivity index (χ1n) is 10.7. The van der Waals surface area contributed by atoms with Crippen molar-refractivity contribution >= 4 is 28.1 Å². The number of nitrogens with zero attached hydrogens (tertiary/aromatic N) is 3. The normalized spacial score (nSPS) is 15.3. The van der Waals surface area contributed by atoms with Crippen molar-refractivity contribution < 1.29 is 27.5 Å². The first kappa shape index (κ1) is 25.3. The molecule has 0 spiro atoms. The van der Waals surface area contributed by atoms with Gasteiger partial charge in [0.15, 0.2) is 11.5 Å². The average Bonchev–Trinajstić information content (AvgIpc) is 2.80. The second-order valence-corrected chi connectivity index (χ2v) is 9.73. The van der Waals surface area contributed by atoms with Crippen molar-refractivity contribution in [2.75, 3.05) is 39.8 Å². The molecule has 3 rings (SSSR count). The molecule has 1 aliphatic rings. The molecule has 1 saturated heterocycles. The van der Waals surface area contributed by atoms with E-state index < -0.39 is 16.0 Å². The lowest BCUT2D eigenvalue weighted by Crippen LogP contribution is -2.50. The highest BCUT2D eigenvalue weighted by Crippen LogP contribution is 2.27. The molecule has 1 aliphatic heterocycles. The number of sulfonamides is 1. The average molecular weight is 489 g/mol. The number of hydrazone groups is 1. The molecule has 0 atom stereocenters. The fraction of sp³-hybridized carbons (Fsp3) is 0.348. The lowest BCUT2D eigenvalue weighted by atomic mass is 10.2. The Kier molecular flexibility index (Phi) is 8.37. The summed E-state index contributed by atoms with van der Waals surface area (Å²) in [7, 11) is -2.09. The molecule has 2 aromatic rings. The van der Waals surface area contributed by atoms with E-state index in [4.69, 9.17) is 9.47 Å². The van der Waals surface area contributed by atoms with Crippen LogP contribution in [-0.4, -0.2) is 75.5 Å². The van der Waals surface area contributed by atoms with E-state index in [1.54, 1.807) is 42.5 Å². The van der Waals surface area contributed by atoms with Crippen LogP contribution in [0.3, 0.4) is 0 Å². The number of benzene rings is 2. The van der Waals surface area contributed by atoms with Crippen molar-refractivity contribution in [2.45, 2.75) is 18.7 Å². The van der Waals surface area contributed by atoms with Gasteiger partial charge >= 0.3 is 5.97 Å². The Bertz CT molecular complexity index is 1160. The highest BCUT2D eigenvalue weighted by atomic mass is 32.2. The van der Waals surface area contributed by atoms with E-state index >= 15 is 0 Å². The summed E-state index contributed by atoms with van der Waals surface area (Å²) in [5, 5.41) is 3.95. The maximum atomic E-state index is 12.8. The van der Waals surface area contributed by atoms with Crippen molar-refractivity contribution in [3.05, 3.63) is 53.6 Å². The van der Waals surface area contributed by atoms with E-state index in [1.165, 1.54) is 24.6 Å². The number of carbonyl (C=O) groups is 2. The molecule has 0 unspecified atom stereocenters. The molecule has 1 N–H and O–H groups in total. The molecule has 1 heterocycles. The van der Waals surface area contributed by atoms with Crippen molar-refractivity contribution in [1.82, 2.24) is 14.6 Å². The number of esters is 1. The van der Waals surface area contributed by atoms with Crippen LogP contribution in [0.1, 0.15) is 18.1 Å². The van der Waals surface area contributed by atoms with E-state index in [0.29, 0.717) is 43.2 Å². The summed E-state index contributed by atoms with van der Waals surface area (Å²) < 4.78 is 37.3. The number of aryl methyl sites for hydroxylation is 1. The van der Waals surface area contributed by atoms with Gasteiger partial charge in [-0.05, 0) is 42.8 Å². The standard InChI is InChI=1S/C23H28N4O6S/c1-17-4-7-20(8-5-17)34(30,31)27-12-10-26(11-13-27)16-23(29)25-24-15-19-6-9-21(33-18(2)28)22(14-19)32-3/h4-9,14-15H,10-13,16H2,1-3H3,(H,25,29)/b24-15-. The van der Waals surface area contributed by atoms with Crippen molar-refractivity contribution in [1.29, 1.82) is 0 Å². The summed E-state index contributed by atoms with van der Waals surface area (Å²) in [5.41, 5.74) is 4.10. The Labute approximate surface area is 199 Å². The molecule has 182 valence electrons. The molecule has 0 bridgehead atoms. The minimum Gasteiger partial charge on any atom is -0.493 e. The Morgan fingerprint density at radius 2 is 1.74 bits per heavy atom. The first-order chi connectivity index (χ1) is 16.2. The Morgan fingerprint density at radius 1 is 1.06 bits per heavy atom. The summed E-state index contributed by atoms with van der Waals surface area (Å²) in [6.45, 7) is 4.80. The maximum absolute atomic E-state index is 12.8. The largest absolute Gasteiger partial charge is 0.493 e. The van der Waals surface area contributed by atoms with Gasteiger partial charge in [0.2, 0.25) is 10.0 Å². The quantitative estimate of drug-likeness (QED) is 0.258. The van der Waals surface area contributed by atoms with E-state index in [-0.39, 0.29) is 17.3 Å². The minimum atomic E-state index is -3.55. The summed E-state index contributed by atoms with van der Waals surface area (Å²) in [6, 6.07) is 11.7. The third kappa shape index (κ3) is 6.62. The van der Waals surface area contributed by atoms with Crippen LogP contribution < -0.4 is 14.9 Å². The number of piperazine rings is 1. The maximum Gasteiger partial charge on any atom is 0.308 e. The number of methoxy groups -OCH3 is 1. The van der Waals surface area contributed by atoms with E-state index in [0.717, 1.165) is 5.56 Å². The summed E-state index contributed by atoms with van der Waals surface area (Å²) in [5.74, 6) is -0.112. The molecule has 11 heteroatoms. The fourth-order valence-electron chi connectivity index (χ4n) is 3.41. The summed E-state index contributed by atoms with van der Waals surface area (Å²) >= 11 is 0. The highest BCUT2D eigenvalue weighted by molar-refractivity contribution is 7.89. The van der Waals surface area contributed by atoms with Crippen LogP contribution in [0.25, 0.3) is 0 Å². The topological polar surface area (TPSA) is 118 Å². The zero-order chi connectivity index (χ0) is 24.7. The van der Waals surface area contributed by atoms with Gasteiger partial charge in [0.25, 0.3) is 5.91 Å². The van der Waals surface area contributed by atoms with Gasteiger partial charge in [-0.3, -0.25) is 14.5 Å². The van der Waals surface area contributed by atoms with Crippen molar-refractivity contribution in [2.24, 2.45) is 5.10 Å². The number of hydrogen-bond donors (Lipinski definition) is 1. The summed E-state index contributed by atoms with van der Waals surface area (Å²) in [6.07, 6.45) is 1.45. The van der Waals surface area contributed by atoms with Gasteiger partial charge < -0.3 is 9.47 Å². The molecule has 1 fully saturated rings. The summed E-state index contributed by atoms with van der Waals surface area (Å²) in [4.78, 5) is 25.5. The molecular formula is C23H28N4O6S. The lowest BCUT2D eigenvalue weighted by Gasteiger charge is -2.33. The number of amides is 1. The van der Waals surface area contributed by atoms with Gasteiger partial charge in [-0.2, -0.15) is 9.41 Å². The van der Waals surface area contributed by atoms with Crippen molar-refractivity contribution in [3.8, 4) is 11.5 Å². The third-order valence-corrected chi connectivity index (χ3v) is 7.11. The molecule has 34 heavy (non-hydrogen) atoms. The molecule has 0 aromatic heterocycles. The highest BCUT2D eigenvalue weighted by Gasteiger charge is 2.28. The van der Waals surface area contributed by atoms with Gasteiger partial charge in [0, 0.05) is 33.1 Å². The van der Waals surface area contributed by atoms with Gasteiger partial charge in [0.1, 0.15) is 0 Å². The third-order valence-electron chi connectivity index (χ3n) is 5.20. The Hall–Kier alpha value is -3.28. The van der Waals surface area contributed by atoms with Gasteiger partial charge in [-0.25, -0.2) is 13.8 Å². The Morgan fingerprint density at radius 3 is 2.35 bits per heavy atom. The van der Waals surface area contributed by atoms with Crippen LogP contribution in [0.15, 0.2) is 52.5 Å². The fourth-order valence-corrected chi connectivity index (χ4v) is 4.83. The van der Waals surface area contributed by atoms with E-state index in [2.05, 4.69) is 10.5 Å². The molecule has 10 nitrogen and oxygen atoms in total. The van der Waals surface area contributed by atoms with Crippen LogP contribution in [0.4, 0.5) is 0 Å². The molecule has 1 amide bonds. The number of nitrogens with one attached hydrogen (secondary N) is 1. The molecule has 0 saturated carbocycles. The van der Waals surface area contributed by atoms with Crippen LogP contribution in [0.5, 0.6) is 11.5 Å². The van der Waals surface area contributed by atoms with Crippen molar-refractivity contribution in [3.63, 3.8) is 0 Å². The van der Waals surface area contributed by atoms with Gasteiger partial charge in [-0.15, -0.1) is 0 Å². The second kappa shape index (κ2) is 11.2. The monoisotopic (exact) mass is 488 g/mol. The predicted molar refractivity (Wildman–Crippen MR) is 126 cm³/mol. The van der Waals surface area contributed by atoms with Crippen LogP contribution in [0.2, 0.25) is 0 Å². The second-order valence-electron chi connectivity index (χ2n) is 7.79. The molecule has 0 radical (unpaired) electrons. The zero-order valence-electron chi connectivity index (χ0n) is 19.4. The SMILES string of the molecule is COc1cc(/C=N\NC(=O)CN2CCN(S(=O)(=O)c3ccc(C)cc3)CC2)ccc1OC(C)=O. The van der Waals surface area contributed by atoms with E-state index in [9.17, 15) is 18.0 Å². The molecule has 0 aliphatic carbocycles. The number of rotatable bonds is 8. The lowest BCUT2D eigenvalue weighted by molar-refractivity contribution is -0.132. The van der Waals surface area contributed by atoms with E-state index in [1.807, 2.05) is 11.8 Å². The van der Waals surface area contributed by atoms with Gasteiger partial charge in [-0.1, -0.05) is 17.7 Å². The molecular weight excluding hydrogens is 460 g/mol. The van der Waals surface area contributed by atoms with Crippen LogP contribution >= 0.6 is 0 Å². The van der Waals surface area contributed by atoms with Gasteiger partial charge in [0.05, 0.1) is 24.8 Å². The number of hydrogen-bond acceptors (Lipinski definition) is 8. The molecule has 2 aromatic carbocycles. The minimum absolute atomic E-state index is 0.102. The smallest absolute Gasteiger partial charge is 0.308 e. The number of ether oxygens (including phenoxy) is 2. The zero-order valence-corrected chi connectivity index (χ0v) is 20.2. The van der Waals surface area contributed by atoms with Crippen LogP contribution in [-0.2, 0) is 19.6 Å². The van der Waals surface area contributed by atoms with Crippen LogP contribution in [0, 0.1) is 6.92 Å².